The molecule has 264 valence electrons. The number of sulfone groups is 1. The first kappa shape index (κ1) is 36.2. The van der Waals surface area contributed by atoms with Crippen LogP contribution in [0.25, 0.3) is 0 Å². The van der Waals surface area contributed by atoms with E-state index in [4.69, 9.17) is 9.47 Å². The summed E-state index contributed by atoms with van der Waals surface area (Å²) in [6.45, 7) is 8.67. The number of imidazole rings is 1. The lowest BCUT2D eigenvalue weighted by molar-refractivity contribution is -0.151. The van der Waals surface area contributed by atoms with Crippen molar-refractivity contribution >= 4 is 33.4 Å². The summed E-state index contributed by atoms with van der Waals surface area (Å²) in [6.07, 6.45) is 7.18. The number of rotatable bonds is 14. The normalized spacial score (nSPS) is 23.1. The van der Waals surface area contributed by atoms with Gasteiger partial charge in [0, 0.05) is 31.4 Å². The summed E-state index contributed by atoms with van der Waals surface area (Å²) in [6, 6.07) is 9.31. The Morgan fingerprint density at radius 2 is 1.75 bits per heavy atom. The van der Waals surface area contributed by atoms with Gasteiger partial charge in [0.15, 0.2) is 15.6 Å². The number of ether oxygens (including phenoxy) is 2. The van der Waals surface area contributed by atoms with Gasteiger partial charge in [0.05, 0.1) is 34.8 Å². The van der Waals surface area contributed by atoms with Crippen molar-refractivity contribution in [3.05, 3.63) is 47.8 Å². The smallest absolute Gasteiger partial charge is 0.227 e. The van der Waals surface area contributed by atoms with Crippen LogP contribution in [0.3, 0.4) is 0 Å². The molecule has 1 aliphatic heterocycles. The molecule has 2 saturated carbocycles. The third-order valence-corrected chi connectivity index (χ3v) is 12.5. The standard InChI is InChI=1S/C36H52N4O7S/c1-35(2,3)48(44,45)22-26(20-27-21-37-34(38-27)40-30(42)18-13-23-9-7-6-8-10-23)33(43)39-29(19-24-11-16-28(41)17-12-24)32-31(25-14-15-25)46-36(4,5)47-32/h6-10,21,24-26,29,31-32H,11-20,22H2,1-5H3,(H,39,43)(H2,37,38,40,42)/t26?,29-,31-,32+/m0/s1. The zero-order valence-corrected chi connectivity index (χ0v) is 29.7. The molecule has 11 nitrogen and oxygen atoms in total. The monoisotopic (exact) mass is 684 g/mol. The summed E-state index contributed by atoms with van der Waals surface area (Å²) in [5.41, 5.74) is 1.59. The zero-order chi connectivity index (χ0) is 34.7. The molecule has 1 saturated heterocycles. The summed E-state index contributed by atoms with van der Waals surface area (Å²) in [4.78, 5) is 46.2. The number of amides is 2. The SMILES string of the molecule is CC1(C)O[C@H]([C@H](CC2CCC(=O)CC2)NC(=O)C(Cc2cnc(NC(=O)CCc3ccccc3)[nH]2)CS(=O)(=O)C(C)(C)C)[C@H](C2CC2)O1. The van der Waals surface area contributed by atoms with E-state index in [2.05, 4.69) is 20.6 Å². The Morgan fingerprint density at radius 1 is 1.06 bits per heavy atom. The number of aromatic nitrogens is 2. The second-order valence-electron chi connectivity index (χ2n) is 15.3. The van der Waals surface area contributed by atoms with Gasteiger partial charge in [-0.2, -0.15) is 0 Å². The molecule has 0 bridgehead atoms. The van der Waals surface area contributed by atoms with Crippen LogP contribution in [0.15, 0.2) is 36.5 Å². The fourth-order valence-corrected chi connectivity index (χ4v) is 8.02. The molecule has 12 heteroatoms. The quantitative estimate of drug-likeness (QED) is 0.253. The van der Waals surface area contributed by atoms with Crippen LogP contribution in [0.5, 0.6) is 0 Å². The second-order valence-corrected chi connectivity index (χ2v) is 18.1. The molecule has 3 aliphatic rings. The lowest BCUT2D eigenvalue weighted by Crippen LogP contribution is -2.52. The van der Waals surface area contributed by atoms with Crippen LogP contribution >= 0.6 is 0 Å². The number of nitrogens with one attached hydrogen (secondary N) is 3. The third kappa shape index (κ3) is 9.75. The maximum atomic E-state index is 14.2. The Hall–Kier alpha value is -3.09. The molecule has 48 heavy (non-hydrogen) atoms. The van der Waals surface area contributed by atoms with Gasteiger partial charge in [-0.05, 0) is 90.5 Å². The largest absolute Gasteiger partial charge is 0.350 e. The molecule has 5 rings (SSSR count). The lowest BCUT2D eigenvalue weighted by atomic mass is 9.82. The summed E-state index contributed by atoms with van der Waals surface area (Å²) in [7, 11) is -3.69. The van der Waals surface area contributed by atoms with Gasteiger partial charge in [-0.3, -0.25) is 19.7 Å². The van der Waals surface area contributed by atoms with E-state index in [1.165, 1.54) is 6.20 Å². The van der Waals surface area contributed by atoms with Gasteiger partial charge >= 0.3 is 0 Å². The fraction of sp³-hybridized carbons (Fsp3) is 0.667. The van der Waals surface area contributed by atoms with Crippen LogP contribution in [0.4, 0.5) is 5.95 Å². The first-order valence-corrected chi connectivity index (χ1v) is 19.0. The Morgan fingerprint density at radius 3 is 2.40 bits per heavy atom. The van der Waals surface area contributed by atoms with E-state index in [0.717, 1.165) is 31.2 Å². The van der Waals surface area contributed by atoms with E-state index in [-0.39, 0.29) is 60.3 Å². The number of aromatic amines is 1. The van der Waals surface area contributed by atoms with Gasteiger partial charge in [0.1, 0.15) is 11.9 Å². The Bertz CT molecular complexity index is 1540. The van der Waals surface area contributed by atoms with Gasteiger partial charge in [-0.1, -0.05) is 30.3 Å². The van der Waals surface area contributed by atoms with Crippen LogP contribution in [-0.4, -0.2) is 70.5 Å². The molecule has 2 amide bonds. The molecule has 0 spiro atoms. The molecule has 1 aromatic carbocycles. The van der Waals surface area contributed by atoms with E-state index >= 15 is 0 Å². The minimum Gasteiger partial charge on any atom is -0.350 e. The third-order valence-electron chi connectivity index (χ3n) is 9.79. The molecule has 1 aromatic heterocycles. The molecule has 3 fully saturated rings. The number of carbonyl (C=O) groups excluding carboxylic acids is 3. The lowest BCUT2D eigenvalue weighted by Gasteiger charge is -2.33. The summed E-state index contributed by atoms with van der Waals surface area (Å²) >= 11 is 0. The number of aryl methyl sites for hydroxylation is 1. The number of H-pyrrole nitrogens is 1. The number of benzene rings is 1. The van der Waals surface area contributed by atoms with Crippen molar-refractivity contribution in [2.75, 3.05) is 11.1 Å². The maximum absolute atomic E-state index is 14.2. The van der Waals surface area contributed by atoms with E-state index in [1.807, 2.05) is 44.2 Å². The molecule has 3 N–H and O–H groups in total. The highest BCUT2D eigenvalue weighted by Gasteiger charge is 2.52. The minimum atomic E-state index is -3.69. The number of hydrogen-bond donors (Lipinski definition) is 3. The van der Waals surface area contributed by atoms with Gasteiger partial charge in [-0.15, -0.1) is 0 Å². The van der Waals surface area contributed by atoms with E-state index < -0.39 is 32.3 Å². The number of ketones is 1. The van der Waals surface area contributed by atoms with Crippen molar-refractivity contribution in [2.24, 2.45) is 17.8 Å². The molecule has 1 unspecified atom stereocenters. The summed E-state index contributed by atoms with van der Waals surface area (Å²) in [5.74, 6) is -1.58. The van der Waals surface area contributed by atoms with E-state index in [1.54, 1.807) is 20.8 Å². The van der Waals surface area contributed by atoms with Crippen LogP contribution in [0, 0.1) is 17.8 Å². The van der Waals surface area contributed by atoms with Crippen molar-refractivity contribution in [3.8, 4) is 0 Å². The predicted octanol–water partition coefficient (Wildman–Crippen LogP) is 4.92. The molecule has 2 heterocycles. The second kappa shape index (κ2) is 14.8. The number of hydrogen-bond acceptors (Lipinski definition) is 8. The first-order chi connectivity index (χ1) is 22.6. The maximum Gasteiger partial charge on any atom is 0.227 e. The van der Waals surface area contributed by atoms with Crippen LogP contribution in [0.2, 0.25) is 0 Å². The number of carbonyl (C=O) groups is 3. The van der Waals surface area contributed by atoms with Crippen molar-refractivity contribution < 1.29 is 32.3 Å². The van der Waals surface area contributed by atoms with Crippen molar-refractivity contribution in [1.29, 1.82) is 0 Å². The van der Waals surface area contributed by atoms with Gasteiger partial charge in [-0.25, -0.2) is 13.4 Å². The fourth-order valence-electron chi connectivity index (χ4n) is 6.72. The first-order valence-electron chi connectivity index (χ1n) is 17.4. The molecule has 0 radical (unpaired) electrons. The molecular formula is C36H52N4O7S. The van der Waals surface area contributed by atoms with Crippen molar-refractivity contribution in [3.63, 3.8) is 0 Å². The topological polar surface area (TPSA) is 157 Å². The number of nitrogens with zero attached hydrogens (tertiary/aromatic N) is 1. The van der Waals surface area contributed by atoms with E-state index in [0.29, 0.717) is 37.3 Å². The van der Waals surface area contributed by atoms with Crippen molar-refractivity contribution in [1.82, 2.24) is 15.3 Å². The Balaban J connectivity index is 1.32. The van der Waals surface area contributed by atoms with Crippen LogP contribution in [0.1, 0.15) is 97.2 Å². The molecular weight excluding hydrogens is 632 g/mol. The summed E-state index contributed by atoms with van der Waals surface area (Å²) < 4.78 is 38.7. The van der Waals surface area contributed by atoms with Crippen LogP contribution < -0.4 is 10.6 Å². The van der Waals surface area contributed by atoms with Gasteiger partial charge in [0.2, 0.25) is 17.8 Å². The summed E-state index contributed by atoms with van der Waals surface area (Å²) in [5, 5.41) is 6.01. The minimum absolute atomic E-state index is 0.0816. The highest BCUT2D eigenvalue weighted by molar-refractivity contribution is 7.92. The van der Waals surface area contributed by atoms with Gasteiger partial charge < -0.3 is 19.8 Å². The van der Waals surface area contributed by atoms with Crippen LogP contribution in [-0.2, 0) is 46.5 Å². The molecule has 2 aromatic rings. The average Bonchev–Trinajstić information content (AvgIpc) is 3.69. The zero-order valence-electron chi connectivity index (χ0n) is 28.9. The average molecular weight is 685 g/mol. The number of Topliss-reactive ketones (excluding diaryl/α,β-unsaturated/α-hetero) is 1. The Labute approximate surface area is 284 Å². The van der Waals surface area contributed by atoms with E-state index in [9.17, 15) is 22.8 Å². The highest BCUT2D eigenvalue weighted by Crippen LogP contribution is 2.45. The van der Waals surface area contributed by atoms with Crippen molar-refractivity contribution in [2.45, 2.75) is 128 Å². The molecule has 2 aliphatic carbocycles. The number of anilines is 1. The predicted molar refractivity (Wildman–Crippen MR) is 183 cm³/mol. The highest BCUT2D eigenvalue weighted by atomic mass is 32.2. The molecule has 4 atom stereocenters. The van der Waals surface area contributed by atoms with Gasteiger partial charge in [0.25, 0.3) is 0 Å². The Kier molecular flexibility index (Phi) is 11.2.